The van der Waals surface area contributed by atoms with Crippen molar-refractivity contribution in [3.05, 3.63) is 38.8 Å². The molecule has 0 unspecified atom stereocenters. The Labute approximate surface area is 85.9 Å². The van der Waals surface area contributed by atoms with Crippen LogP contribution in [0.1, 0.15) is 12.8 Å². The minimum Gasteiger partial charge on any atom is -0.396 e. The summed E-state index contributed by atoms with van der Waals surface area (Å²) in [5.74, 6) is 0. The van der Waals surface area contributed by atoms with E-state index < -0.39 is 16.2 Å². The zero-order valence-corrected chi connectivity index (χ0v) is 8.13. The number of aromatic nitrogens is 1. The van der Waals surface area contributed by atoms with Crippen molar-refractivity contribution in [2.75, 3.05) is 6.61 Å². The third-order valence-corrected chi connectivity index (χ3v) is 2.00. The van der Waals surface area contributed by atoms with Gasteiger partial charge in [-0.2, -0.15) is 0 Å². The second kappa shape index (κ2) is 5.26. The maximum absolute atomic E-state index is 11.5. The molecule has 0 radical (unpaired) electrons. The molecule has 0 saturated carbocycles. The zero-order chi connectivity index (χ0) is 11.3. The van der Waals surface area contributed by atoms with E-state index in [1.54, 1.807) is 0 Å². The number of rotatable bonds is 5. The van der Waals surface area contributed by atoms with Crippen molar-refractivity contribution >= 4 is 5.69 Å². The highest BCUT2D eigenvalue weighted by Gasteiger charge is 2.12. The van der Waals surface area contributed by atoms with Crippen molar-refractivity contribution in [3.8, 4) is 0 Å². The lowest BCUT2D eigenvalue weighted by Crippen LogP contribution is -2.21. The molecular weight excluding hydrogens is 200 g/mol. The Bertz CT molecular complexity index is 399. The van der Waals surface area contributed by atoms with E-state index in [0.29, 0.717) is 19.4 Å². The van der Waals surface area contributed by atoms with Gasteiger partial charge in [-0.25, -0.2) is 0 Å². The number of hydrogen-bond donors (Lipinski definition) is 1. The molecule has 1 heterocycles. The van der Waals surface area contributed by atoms with Crippen molar-refractivity contribution in [2.45, 2.75) is 19.4 Å². The van der Waals surface area contributed by atoms with Crippen LogP contribution in [-0.2, 0) is 6.54 Å². The van der Waals surface area contributed by atoms with Gasteiger partial charge in [0.2, 0.25) is 0 Å². The van der Waals surface area contributed by atoms with Crippen LogP contribution in [-0.4, -0.2) is 21.2 Å². The molecule has 6 heteroatoms. The Hall–Kier alpha value is -1.69. The normalized spacial score (nSPS) is 10.2. The number of aliphatic hydroxyl groups is 1. The first kappa shape index (κ1) is 11.4. The molecule has 0 aliphatic rings. The summed E-state index contributed by atoms with van der Waals surface area (Å²) >= 11 is 0. The second-order valence-electron chi connectivity index (χ2n) is 3.08. The number of hydrogen-bond acceptors (Lipinski definition) is 4. The second-order valence-corrected chi connectivity index (χ2v) is 3.08. The summed E-state index contributed by atoms with van der Waals surface area (Å²) in [6.45, 7) is 0.449. The lowest BCUT2D eigenvalue weighted by Gasteiger charge is -2.03. The highest BCUT2D eigenvalue weighted by atomic mass is 16.6. The van der Waals surface area contributed by atoms with Crippen LogP contribution in [0.3, 0.4) is 0 Å². The summed E-state index contributed by atoms with van der Waals surface area (Å²) in [4.78, 5) is 21.2. The predicted molar refractivity (Wildman–Crippen MR) is 53.7 cm³/mol. The zero-order valence-electron chi connectivity index (χ0n) is 8.13. The van der Waals surface area contributed by atoms with Gasteiger partial charge in [0.05, 0.1) is 4.92 Å². The number of nitrogens with zero attached hydrogens (tertiary/aromatic N) is 2. The van der Waals surface area contributed by atoms with Crippen LogP contribution in [0, 0.1) is 10.1 Å². The molecule has 1 aromatic heterocycles. The van der Waals surface area contributed by atoms with Crippen molar-refractivity contribution < 1.29 is 10.0 Å². The molecule has 1 rings (SSSR count). The van der Waals surface area contributed by atoms with Crippen molar-refractivity contribution in [1.29, 1.82) is 0 Å². The Kier molecular flexibility index (Phi) is 3.99. The molecule has 1 N–H and O–H groups in total. The molecule has 1 aromatic rings. The van der Waals surface area contributed by atoms with Crippen LogP contribution >= 0.6 is 0 Å². The van der Waals surface area contributed by atoms with Gasteiger partial charge in [0, 0.05) is 25.4 Å². The maximum atomic E-state index is 11.5. The molecule has 0 aliphatic carbocycles. The lowest BCUT2D eigenvalue weighted by atomic mass is 10.3. The average molecular weight is 212 g/mol. The Morgan fingerprint density at radius 3 is 2.80 bits per heavy atom. The molecular formula is C9H12N2O4. The summed E-state index contributed by atoms with van der Waals surface area (Å²) in [5.41, 5.74) is -1.01. The van der Waals surface area contributed by atoms with Crippen LogP contribution in [0.25, 0.3) is 0 Å². The molecule has 0 aliphatic heterocycles. The van der Waals surface area contributed by atoms with Gasteiger partial charge in [-0.05, 0) is 18.9 Å². The minimum atomic E-state index is -0.690. The van der Waals surface area contributed by atoms with Crippen molar-refractivity contribution in [3.63, 3.8) is 0 Å². The minimum absolute atomic E-state index is 0.0592. The smallest absolute Gasteiger partial charge is 0.334 e. The summed E-state index contributed by atoms with van der Waals surface area (Å²) in [5, 5.41) is 19.0. The highest BCUT2D eigenvalue weighted by molar-refractivity contribution is 5.24. The molecule has 0 bridgehead atoms. The molecule has 0 atom stereocenters. The van der Waals surface area contributed by atoms with E-state index in [1.165, 1.54) is 22.9 Å². The summed E-state index contributed by atoms with van der Waals surface area (Å²) in [7, 11) is 0. The maximum Gasteiger partial charge on any atom is 0.334 e. The molecule has 0 spiro atoms. The Morgan fingerprint density at radius 1 is 1.47 bits per heavy atom. The van der Waals surface area contributed by atoms with E-state index in [4.69, 9.17) is 5.11 Å². The quantitative estimate of drug-likeness (QED) is 0.438. The average Bonchev–Trinajstić information content (AvgIpc) is 2.20. The molecule has 82 valence electrons. The molecule has 15 heavy (non-hydrogen) atoms. The molecule has 0 amide bonds. The first-order valence-electron chi connectivity index (χ1n) is 4.61. The van der Waals surface area contributed by atoms with Crippen LogP contribution < -0.4 is 5.56 Å². The SMILES string of the molecule is O=c1c([N+](=O)[O-])cccn1CCCCO. The predicted octanol–water partition coefficient (Wildman–Crippen LogP) is 0.529. The highest BCUT2D eigenvalue weighted by Crippen LogP contribution is 2.02. The van der Waals surface area contributed by atoms with Crippen molar-refractivity contribution in [2.24, 2.45) is 0 Å². The van der Waals surface area contributed by atoms with Gasteiger partial charge in [-0.1, -0.05) is 0 Å². The van der Waals surface area contributed by atoms with E-state index in [1.807, 2.05) is 0 Å². The number of pyridine rings is 1. The van der Waals surface area contributed by atoms with Gasteiger partial charge in [-0.3, -0.25) is 14.9 Å². The van der Waals surface area contributed by atoms with Gasteiger partial charge in [-0.15, -0.1) is 0 Å². The number of aliphatic hydroxyl groups excluding tert-OH is 1. The van der Waals surface area contributed by atoms with Crippen molar-refractivity contribution in [1.82, 2.24) is 4.57 Å². The Morgan fingerprint density at radius 2 is 2.20 bits per heavy atom. The third-order valence-electron chi connectivity index (χ3n) is 2.00. The lowest BCUT2D eigenvalue weighted by molar-refractivity contribution is -0.386. The van der Waals surface area contributed by atoms with Crippen LogP contribution in [0.5, 0.6) is 0 Å². The monoisotopic (exact) mass is 212 g/mol. The van der Waals surface area contributed by atoms with E-state index in [9.17, 15) is 14.9 Å². The fourth-order valence-corrected chi connectivity index (χ4v) is 1.23. The molecule has 6 nitrogen and oxygen atoms in total. The first-order chi connectivity index (χ1) is 7.16. The van der Waals surface area contributed by atoms with Gasteiger partial charge >= 0.3 is 11.2 Å². The van der Waals surface area contributed by atoms with Gasteiger partial charge in [0.15, 0.2) is 0 Å². The van der Waals surface area contributed by atoms with Gasteiger partial charge in [0.25, 0.3) is 0 Å². The summed E-state index contributed by atoms with van der Waals surface area (Å²) in [6, 6.07) is 2.66. The van der Waals surface area contributed by atoms with E-state index >= 15 is 0 Å². The first-order valence-corrected chi connectivity index (χ1v) is 4.61. The van der Waals surface area contributed by atoms with E-state index in [2.05, 4.69) is 0 Å². The molecule has 0 aromatic carbocycles. The Balaban J connectivity index is 2.85. The summed E-state index contributed by atoms with van der Waals surface area (Å²) in [6.07, 6.45) is 2.71. The molecule has 0 saturated heterocycles. The van der Waals surface area contributed by atoms with Crippen LogP contribution in [0.15, 0.2) is 23.1 Å². The number of nitro groups is 1. The number of aryl methyl sites for hydroxylation is 1. The third kappa shape index (κ3) is 2.88. The van der Waals surface area contributed by atoms with E-state index in [-0.39, 0.29) is 6.61 Å². The van der Waals surface area contributed by atoms with Gasteiger partial charge < -0.3 is 9.67 Å². The van der Waals surface area contributed by atoms with Crippen LogP contribution in [0.2, 0.25) is 0 Å². The largest absolute Gasteiger partial charge is 0.396 e. The summed E-state index contributed by atoms with van der Waals surface area (Å²) < 4.78 is 1.29. The standard InChI is InChI=1S/C9H12N2O4/c12-7-2-1-5-10-6-3-4-8(9(10)13)11(14)15/h3-4,6,12H,1-2,5,7H2. The molecule has 0 fully saturated rings. The fraction of sp³-hybridized carbons (Fsp3) is 0.444. The van der Waals surface area contributed by atoms with Crippen LogP contribution in [0.4, 0.5) is 5.69 Å². The fourth-order valence-electron chi connectivity index (χ4n) is 1.23. The topological polar surface area (TPSA) is 85.4 Å². The number of unbranched alkanes of at least 4 members (excludes halogenated alkanes) is 1. The van der Waals surface area contributed by atoms with E-state index in [0.717, 1.165) is 0 Å². The van der Waals surface area contributed by atoms with Gasteiger partial charge in [0.1, 0.15) is 0 Å².